The molecule has 2 nitrogen and oxygen atoms in total. The van der Waals surface area contributed by atoms with Crippen LogP contribution in [0.25, 0.3) is 0 Å². The van der Waals surface area contributed by atoms with E-state index in [4.69, 9.17) is 0 Å². The van der Waals surface area contributed by atoms with Crippen molar-refractivity contribution >= 4 is 5.69 Å². The van der Waals surface area contributed by atoms with Gasteiger partial charge in [0, 0.05) is 18.8 Å². The van der Waals surface area contributed by atoms with Crippen LogP contribution in [-0.4, -0.2) is 23.8 Å². The van der Waals surface area contributed by atoms with E-state index in [9.17, 15) is 5.11 Å². The van der Waals surface area contributed by atoms with E-state index in [0.717, 1.165) is 19.5 Å². The third-order valence-electron chi connectivity index (χ3n) is 3.74. The number of hydrogen-bond acceptors (Lipinski definition) is 2. The Balaban J connectivity index is 2.23. The van der Waals surface area contributed by atoms with E-state index in [1.165, 1.54) is 29.7 Å². The molecule has 0 aromatic heterocycles. The highest BCUT2D eigenvalue weighted by Crippen LogP contribution is 2.29. The average Bonchev–Trinajstić information content (AvgIpc) is 2.28. The van der Waals surface area contributed by atoms with Crippen LogP contribution < -0.4 is 4.90 Å². The van der Waals surface area contributed by atoms with Crippen LogP contribution in [0.3, 0.4) is 0 Å². The van der Waals surface area contributed by atoms with Crippen molar-refractivity contribution in [2.75, 3.05) is 18.0 Å². The summed E-state index contributed by atoms with van der Waals surface area (Å²) < 4.78 is 0. The van der Waals surface area contributed by atoms with Gasteiger partial charge in [0.2, 0.25) is 0 Å². The number of aliphatic hydroxyl groups is 1. The molecule has 1 aromatic rings. The second kappa shape index (κ2) is 4.69. The lowest BCUT2D eigenvalue weighted by Crippen LogP contribution is -2.42. The number of benzene rings is 1. The lowest BCUT2D eigenvalue weighted by molar-refractivity contribution is 0.0626. The Hall–Kier alpha value is -1.02. The number of β-amino-alcohol motifs (C(OH)–C–C–N with tert-alkyl or cyclic N) is 1. The second-order valence-corrected chi connectivity index (χ2v) is 5.51. The van der Waals surface area contributed by atoms with Gasteiger partial charge in [-0.1, -0.05) is 24.6 Å². The maximum absolute atomic E-state index is 10.2. The highest BCUT2D eigenvalue weighted by atomic mass is 16.3. The molecular formula is C15H23NO. The van der Waals surface area contributed by atoms with Gasteiger partial charge in [-0.15, -0.1) is 0 Å². The normalized spacial score (nSPS) is 18.7. The zero-order chi connectivity index (χ0) is 12.5. The zero-order valence-corrected chi connectivity index (χ0v) is 11.2. The molecule has 2 heteroatoms. The van der Waals surface area contributed by atoms with Gasteiger partial charge >= 0.3 is 0 Å². The first-order chi connectivity index (χ1) is 8.02. The highest BCUT2D eigenvalue weighted by Gasteiger charge is 2.25. The Kier molecular flexibility index (Phi) is 3.43. The van der Waals surface area contributed by atoms with Crippen molar-refractivity contribution < 1.29 is 5.11 Å². The quantitative estimate of drug-likeness (QED) is 0.867. The summed E-state index contributed by atoms with van der Waals surface area (Å²) in [6.07, 6.45) is 3.16. The standard InChI is InChI=1S/C15H23NO/c1-4-15(3,17)11-16-9-5-6-13-10-12(2)7-8-14(13)16/h7-8,10,17H,4-6,9,11H2,1-3H3. The van der Waals surface area contributed by atoms with Crippen LogP contribution in [0.2, 0.25) is 0 Å². The van der Waals surface area contributed by atoms with Gasteiger partial charge in [0.1, 0.15) is 0 Å². The summed E-state index contributed by atoms with van der Waals surface area (Å²) in [4.78, 5) is 2.34. The molecule has 1 unspecified atom stereocenters. The molecule has 94 valence electrons. The smallest absolute Gasteiger partial charge is 0.0791 e. The van der Waals surface area contributed by atoms with Crippen LogP contribution in [-0.2, 0) is 6.42 Å². The van der Waals surface area contributed by atoms with Crippen molar-refractivity contribution in [2.24, 2.45) is 0 Å². The maximum Gasteiger partial charge on any atom is 0.0791 e. The van der Waals surface area contributed by atoms with Gasteiger partial charge in [-0.25, -0.2) is 0 Å². The summed E-state index contributed by atoms with van der Waals surface area (Å²) in [5, 5.41) is 10.2. The molecule has 1 N–H and O–H groups in total. The fourth-order valence-electron chi connectivity index (χ4n) is 2.49. The SMILES string of the molecule is CCC(C)(O)CN1CCCc2cc(C)ccc21. The molecular weight excluding hydrogens is 210 g/mol. The predicted octanol–water partition coefficient (Wildman–Crippen LogP) is 2.91. The summed E-state index contributed by atoms with van der Waals surface area (Å²) in [6.45, 7) is 7.91. The summed E-state index contributed by atoms with van der Waals surface area (Å²) in [5.74, 6) is 0. The third-order valence-corrected chi connectivity index (χ3v) is 3.74. The minimum absolute atomic E-state index is 0.584. The van der Waals surface area contributed by atoms with Crippen LogP contribution in [0.5, 0.6) is 0 Å². The maximum atomic E-state index is 10.2. The van der Waals surface area contributed by atoms with Crippen LogP contribution in [0.4, 0.5) is 5.69 Å². The number of rotatable bonds is 3. The van der Waals surface area contributed by atoms with Gasteiger partial charge in [0.25, 0.3) is 0 Å². The van der Waals surface area contributed by atoms with Crippen molar-refractivity contribution in [3.05, 3.63) is 29.3 Å². The molecule has 0 saturated carbocycles. The first-order valence-electron chi connectivity index (χ1n) is 6.59. The second-order valence-electron chi connectivity index (χ2n) is 5.51. The number of fused-ring (bicyclic) bond motifs is 1. The minimum atomic E-state index is -0.584. The van der Waals surface area contributed by atoms with Crippen LogP contribution in [0.15, 0.2) is 18.2 Å². The largest absolute Gasteiger partial charge is 0.388 e. The first-order valence-corrected chi connectivity index (χ1v) is 6.59. The fourth-order valence-corrected chi connectivity index (χ4v) is 2.49. The Morgan fingerprint density at radius 1 is 1.41 bits per heavy atom. The van der Waals surface area contributed by atoms with Crippen LogP contribution in [0.1, 0.15) is 37.8 Å². The molecule has 0 fully saturated rings. The average molecular weight is 233 g/mol. The number of nitrogens with zero attached hydrogens (tertiary/aromatic N) is 1. The summed E-state index contributed by atoms with van der Waals surface area (Å²) in [5.41, 5.74) is 3.49. The molecule has 0 radical (unpaired) electrons. The van der Waals surface area contributed by atoms with Crippen molar-refractivity contribution in [2.45, 2.75) is 45.6 Å². The van der Waals surface area contributed by atoms with E-state index in [1.54, 1.807) is 0 Å². The molecule has 1 aliphatic rings. The van der Waals surface area contributed by atoms with Crippen LogP contribution in [0, 0.1) is 6.92 Å². The van der Waals surface area contributed by atoms with Gasteiger partial charge in [0.15, 0.2) is 0 Å². The molecule has 1 atom stereocenters. The Bertz CT molecular complexity index is 398. The van der Waals surface area contributed by atoms with E-state index in [-0.39, 0.29) is 0 Å². The molecule has 0 spiro atoms. The highest BCUT2D eigenvalue weighted by molar-refractivity contribution is 5.56. The van der Waals surface area contributed by atoms with Gasteiger partial charge in [-0.2, -0.15) is 0 Å². The molecule has 0 aliphatic carbocycles. The van der Waals surface area contributed by atoms with Gasteiger partial charge in [0.05, 0.1) is 5.60 Å². The van der Waals surface area contributed by atoms with Gasteiger partial charge < -0.3 is 10.0 Å². The third kappa shape index (κ3) is 2.81. The molecule has 1 heterocycles. The summed E-state index contributed by atoms with van der Waals surface area (Å²) >= 11 is 0. The van der Waals surface area contributed by atoms with E-state index < -0.39 is 5.60 Å². The molecule has 0 amide bonds. The molecule has 0 bridgehead atoms. The predicted molar refractivity (Wildman–Crippen MR) is 72.6 cm³/mol. The molecule has 0 saturated heterocycles. The minimum Gasteiger partial charge on any atom is -0.388 e. The monoisotopic (exact) mass is 233 g/mol. The fraction of sp³-hybridized carbons (Fsp3) is 0.600. The van der Waals surface area contributed by atoms with Crippen molar-refractivity contribution in [1.29, 1.82) is 0 Å². The van der Waals surface area contributed by atoms with Gasteiger partial charge in [-0.3, -0.25) is 0 Å². The topological polar surface area (TPSA) is 23.5 Å². The van der Waals surface area contributed by atoms with E-state index in [0.29, 0.717) is 0 Å². The van der Waals surface area contributed by atoms with Crippen molar-refractivity contribution in [3.8, 4) is 0 Å². The number of hydrogen-bond donors (Lipinski definition) is 1. The van der Waals surface area contributed by atoms with Crippen molar-refractivity contribution in [3.63, 3.8) is 0 Å². The number of anilines is 1. The first kappa shape index (κ1) is 12.4. The van der Waals surface area contributed by atoms with E-state index in [2.05, 4.69) is 30.0 Å². The lowest BCUT2D eigenvalue weighted by Gasteiger charge is -2.36. The summed E-state index contributed by atoms with van der Waals surface area (Å²) in [6, 6.07) is 6.65. The van der Waals surface area contributed by atoms with Crippen LogP contribution >= 0.6 is 0 Å². The molecule has 17 heavy (non-hydrogen) atoms. The van der Waals surface area contributed by atoms with Gasteiger partial charge in [-0.05, 0) is 44.7 Å². The van der Waals surface area contributed by atoms with E-state index in [1.807, 2.05) is 13.8 Å². The Morgan fingerprint density at radius 2 is 2.18 bits per heavy atom. The lowest BCUT2D eigenvalue weighted by atomic mass is 9.96. The Labute approximate surface area is 104 Å². The molecule has 2 rings (SSSR count). The summed E-state index contributed by atoms with van der Waals surface area (Å²) in [7, 11) is 0. The Morgan fingerprint density at radius 3 is 2.88 bits per heavy atom. The van der Waals surface area contributed by atoms with E-state index >= 15 is 0 Å². The molecule has 1 aromatic carbocycles. The van der Waals surface area contributed by atoms with Crippen molar-refractivity contribution in [1.82, 2.24) is 0 Å². The number of aryl methyl sites for hydroxylation is 2. The zero-order valence-electron chi connectivity index (χ0n) is 11.2. The molecule has 1 aliphatic heterocycles.